The number of aliphatic carboxylic acids is 1. The van der Waals surface area contributed by atoms with Gasteiger partial charge >= 0.3 is 5.97 Å². The lowest BCUT2D eigenvalue weighted by molar-refractivity contribution is -0.150. The SMILES string of the molecule is Cc1nnc(SCC2=C(C(=O)O)N3C(=O)[C@@H](NC(=O)Cn4nc(C(F)F)c(Br)c4C)[C@@H]3SC2)s1. The van der Waals surface area contributed by atoms with Crippen LogP contribution in [0.1, 0.15) is 22.8 Å². The van der Waals surface area contributed by atoms with Crippen molar-refractivity contribution in [3.63, 3.8) is 0 Å². The highest BCUT2D eigenvalue weighted by Gasteiger charge is 2.54. The van der Waals surface area contributed by atoms with Crippen molar-refractivity contribution in [2.75, 3.05) is 11.5 Å². The molecule has 0 spiro atoms. The van der Waals surface area contributed by atoms with Crippen molar-refractivity contribution in [2.45, 2.75) is 42.6 Å². The van der Waals surface area contributed by atoms with Gasteiger partial charge < -0.3 is 10.4 Å². The van der Waals surface area contributed by atoms with Gasteiger partial charge in [0.1, 0.15) is 34.4 Å². The van der Waals surface area contributed by atoms with Gasteiger partial charge in [0.2, 0.25) is 5.91 Å². The molecule has 2 amide bonds. The number of carbonyl (C=O) groups excluding carboxylic acids is 2. The lowest BCUT2D eigenvalue weighted by atomic mass is 10.0. The average molecular weight is 595 g/mol. The Morgan fingerprint density at radius 1 is 1.35 bits per heavy atom. The molecule has 0 unspecified atom stereocenters. The number of nitrogens with one attached hydrogen (secondary N) is 1. The second-order valence-electron chi connectivity index (χ2n) is 7.33. The van der Waals surface area contributed by atoms with E-state index >= 15 is 0 Å². The molecule has 0 saturated carbocycles. The number of β-lactam (4-membered cyclic amide) rings is 1. The zero-order chi connectivity index (χ0) is 24.7. The van der Waals surface area contributed by atoms with E-state index in [1.165, 1.54) is 46.7 Å². The van der Waals surface area contributed by atoms with E-state index in [0.29, 0.717) is 27.1 Å². The number of carbonyl (C=O) groups is 3. The summed E-state index contributed by atoms with van der Waals surface area (Å²) in [4.78, 5) is 38.4. The zero-order valence-electron chi connectivity index (χ0n) is 17.6. The van der Waals surface area contributed by atoms with Crippen LogP contribution in [0.25, 0.3) is 0 Å². The van der Waals surface area contributed by atoms with Gasteiger partial charge in [-0.25, -0.2) is 13.6 Å². The Labute approximate surface area is 212 Å². The third kappa shape index (κ3) is 4.72. The van der Waals surface area contributed by atoms with Gasteiger partial charge in [0.25, 0.3) is 12.3 Å². The predicted octanol–water partition coefficient (Wildman–Crippen LogP) is 2.58. The van der Waals surface area contributed by atoms with Crippen molar-refractivity contribution in [3.05, 3.63) is 32.1 Å². The van der Waals surface area contributed by atoms with Crippen LogP contribution >= 0.6 is 50.8 Å². The van der Waals surface area contributed by atoms with Crippen LogP contribution in [0.5, 0.6) is 0 Å². The van der Waals surface area contributed by atoms with Gasteiger partial charge in [-0.2, -0.15) is 5.10 Å². The third-order valence-electron chi connectivity index (χ3n) is 5.10. The Balaban J connectivity index is 1.43. The second kappa shape index (κ2) is 9.91. The van der Waals surface area contributed by atoms with Crippen LogP contribution in [0.4, 0.5) is 8.78 Å². The van der Waals surface area contributed by atoms with Crippen LogP contribution in [0.2, 0.25) is 0 Å². The maximum absolute atomic E-state index is 13.0. The van der Waals surface area contributed by atoms with E-state index in [4.69, 9.17) is 0 Å². The first-order valence-electron chi connectivity index (χ1n) is 9.71. The summed E-state index contributed by atoms with van der Waals surface area (Å²) in [5.74, 6) is -1.63. The highest BCUT2D eigenvalue weighted by molar-refractivity contribution is 9.10. The molecule has 0 aliphatic carbocycles. The van der Waals surface area contributed by atoms with Gasteiger partial charge in [-0.3, -0.25) is 19.2 Å². The monoisotopic (exact) mass is 594 g/mol. The van der Waals surface area contributed by atoms with Crippen molar-refractivity contribution in [1.82, 2.24) is 30.2 Å². The molecule has 0 bridgehead atoms. The fraction of sp³-hybridized carbons (Fsp3) is 0.444. The predicted molar refractivity (Wildman–Crippen MR) is 125 cm³/mol. The number of carboxylic acid groups (broad SMARTS) is 1. The molecule has 0 aromatic carbocycles. The first-order chi connectivity index (χ1) is 16.1. The summed E-state index contributed by atoms with van der Waals surface area (Å²) >= 11 is 7.15. The van der Waals surface area contributed by atoms with Crippen molar-refractivity contribution in [2.24, 2.45) is 0 Å². The fourth-order valence-corrected chi connectivity index (χ4v) is 7.23. The molecule has 10 nitrogen and oxygen atoms in total. The van der Waals surface area contributed by atoms with Gasteiger partial charge in [0.15, 0.2) is 4.34 Å². The standard InChI is InChI=1S/C18H17BrF2N6O4S3/c1-6-10(19)11(14(20)21)25-26(6)3-9(28)22-12-15(29)27-13(17(30)31)8(4-32-16(12)27)5-33-18-24-23-7(2)34-18/h12,14,16H,3-5H2,1-2H3,(H,22,28)(H,30,31)/t12-,16+/m1/s1. The number of rotatable bonds is 8. The number of aromatic nitrogens is 4. The highest BCUT2D eigenvalue weighted by atomic mass is 79.9. The largest absolute Gasteiger partial charge is 0.477 e. The molecule has 1 fully saturated rings. The Kier molecular flexibility index (Phi) is 7.30. The molecule has 2 aromatic rings. The maximum atomic E-state index is 13.0. The molecule has 2 aliphatic heterocycles. The summed E-state index contributed by atoms with van der Waals surface area (Å²) in [6.45, 7) is 3.00. The molecular weight excluding hydrogens is 578 g/mol. The minimum Gasteiger partial charge on any atom is -0.477 e. The van der Waals surface area contributed by atoms with Crippen LogP contribution in [0, 0.1) is 13.8 Å². The number of hydrogen-bond donors (Lipinski definition) is 2. The number of halogens is 3. The summed E-state index contributed by atoms with van der Waals surface area (Å²) in [5, 5.41) is 24.3. The molecular formula is C18H17BrF2N6O4S3. The van der Waals surface area contributed by atoms with E-state index in [0.717, 1.165) is 9.69 Å². The molecule has 0 radical (unpaired) electrons. The van der Waals surface area contributed by atoms with Crippen LogP contribution < -0.4 is 5.32 Å². The van der Waals surface area contributed by atoms with Crippen molar-refractivity contribution < 1.29 is 28.3 Å². The number of carboxylic acids is 1. The quantitative estimate of drug-likeness (QED) is 0.350. The molecule has 34 heavy (non-hydrogen) atoms. The molecule has 2 N–H and O–H groups in total. The number of nitrogens with zero attached hydrogens (tertiary/aromatic N) is 5. The molecule has 4 heterocycles. The number of fused-ring (bicyclic) bond motifs is 1. The number of alkyl halides is 2. The highest BCUT2D eigenvalue weighted by Crippen LogP contribution is 2.41. The Morgan fingerprint density at radius 3 is 2.68 bits per heavy atom. The van der Waals surface area contributed by atoms with Gasteiger partial charge in [0.05, 0.1) is 10.2 Å². The van der Waals surface area contributed by atoms with Crippen LogP contribution in [-0.2, 0) is 20.9 Å². The van der Waals surface area contributed by atoms with E-state index in [1.807, 2.05) is 6.92 Å². The summed E-state index contributed by atoms with van der Waals surface area (Å²) in [5.41, 5.74) is 0.384. The second-order valence-corrected chi connectivity index (χ2v) is 11.6. The Morgan fingerprint density at radius 2 is 2.09 bits per heavy atom. The number of aryl methyl sites for hydroxylation is 1. The van der Waals surface area contributed by atoms with Crippen LogP contribution in [-0.4, -0.2) is 70.7 Å². The molecule has 2 aromatic heterocycles. The average Bonchev–Trinajstić information content (AvgIpc) is 3.33. The molecule has 16 heteroatoms. The lowest BCUT2D eigenvalue weighted by Crippen LogP contribution is -2.70. The molecule has 4 rings (SSSR count). The van der Waals surface area contributed by atoms with E-state index in [2.05, 4.69) is 36.5 Å². The zero-order valence-corrected chi connectivity index (χ0v) is 21.7. The van der Waals surface area contributed by atoms with E-state index in [9.17, 15) is 28.3 Å². The summed E-state index contributed by atoms with van der Waals surface area (Å²) in [6, 6.07) is -0.916. The van der Waals surface area contributed by atoms with Crippen molar-refractivity contribution >= 4 is 68.6 Å². The normalized spacial score (nSPS) is 19.9. The van der Waals surface area contributed by atoms with Gasteiger partial charge in [-0.1, -0.05) is 23.1 Å². The first kappa shape index (κ1) is 25.1. The van der Waals surface area contributed by atoms with Crippen LogP contribution in [0.15, 0.2) is 20.1 Å². The number of amides is 2. The maximum Gasteiger partial charge on any atom is 0.352 e. The van der Waals surface area contributed by atoms with Gasteiger partial charge in [-0.15, -0.1) is 22.0 Å². The first-order valence-corrected chi connectivity index (χ1v) is 13.4. The third-order valence-corrected chi connectivity index (χ3v) is 9.48. The molecule has 1 saturated heterocycles. The fourth-order valence-electron chi connectivity index (χ4n) is 3.48. The molecule has 2 atom stereocenters. The van der Waals surface area contributed by atoms with E-state index in [1.54, 1.807) is 0 Å². The molecule has 2 aliphatic rings. The Hall–Kier alpha value is -2.04. The van der Waals surface area contributed by atoms with Gasteiger partial charge in [-0.05, 0) is 35.4 Å². The lowest BCUT2D eigenvalue weighted by Gasteiger charge is -2.49. The minimum absolute atomic E-state index is 0.0820. The minimum atomic E-state index is -2.80. The van der Waals surface area contributed by atoms with Crippen molar-refractivity contribution in [3.8, 4) is 0 Å². The van der Waals surface area contributed by atoms with E-state index < -0.39 is 41.3 Å². The van der Waals surface area contributed by atoms with E-state index in [-0.39, 0.29) is 16.7 Å². The number of hydrogen-bond acceptors (Lipinski definition) is 9. The smallest absolute Gasteiger partial charge is 0.352 e. The van der Waals surface area contributed by atoms with Crippen LogP contribution in [0.3, 0.4) is 0 Å². The van der Waals surface area contributed by atoms with Crippen molar-refractivity contribution in [1.29, 1.82) is 0 Å². The number of thioether (sulfide) groups is 2. The summed E-state index contributed by atoms with van der Waals surface area (Å²) < 4.78 is 28.0. The molecule has 182 valence electrons. The topological polar surface area (TPSA) is 130 Å². The Bertz CT molecular complexity index is 1200. The summed E-state index contributed by atoms with van der Waals surface area (Å²) in [6.07, 6.45) is -2.80. The van der Waals surface area contributed by atoms with Gasteiger partial charge in [0, 0.05) is 11.5 Å². The summed E-state index contributed by atoms with van der Waals surface area (Å²) in [7, 11) is 0.